The average Bonchev–Trinajstić information content (AvgIpc) is 3.50. The average molecular weight is 600 g/mol. The lowest BCUT2D eigenvalue weighted by atomic mass is 10.2. The monoisotopic (exact) mass is 599 g/mol. The molecule has 0 bridgehead atoms. The third-order valence-corrected chi connectivity index (χ3v) is 9.68. The van der Waals surface area contributed by atoms with E-state index in [1.165, 1.54) is 11.3 Å². The van der Waals surface area contributed by atoms with E-state index < -0.39 is 10.0 Å². The molecule has 3 heterocycles. The van der Waals surface area contributed by atoms with Crippen molar-refractivity contribution in [3.05, 3.63) is 64.9 Å². The molecule has 5 rings (SSSR count). The minimum atomic E-state index is -3.86. The Morgan fingerprint density at radius 3 is 2.39 bits per heavy atom. The van der Waals surface area contributed by atoms with Gasteiger partial charge in [0.15, 0.2) is 0 Å². The van der Waals surface area contributed by atoms with Gasteiger partial charge in [0, 0.05) is 62.9 Å². The minimum Gasteiger partial charge on any atom is -0.495 e. The molecule has 0 radical (unpaired) electrons. The van der Waals surface area contributed by atoms with Crippen LogP contribution in [0.4, 0.5) is 17.1 Å². The van der Waals surface area contributed by atoms with Gasteiger partial charge in [-0.3, -0.25) is 9.69 Å². The second kappa shape index (κ2) is 13.7. The number of methoxy groups -OCH3 is 1. The number of morpholine rings is 1. The van der Waals surface area contributed by atoms with Gasteiger partial charge in [-0.05, 0) is 41.8 Å². The highest BCUT2D eigenvalue weighted by Gasteiger charge is 2.27. The molecule has 10 nitrogen and oxygen atoms in total. The van der Waals surface area contributed by atoms with Crippen molar-refractivity contribution in [2.45, 2.75) is 11.3 Å². The topological polar surface area (TPSA) is 103 Å². The maximum Gasteiger partial charge on any atom is 0.242 e. The molecule has 41 heavy (non-hydrogen) atoms. The van der Waals surface area contributed by atoms with Gasteiger partial charge in [-0.25, -0.2) is 13.1 Å². The number of hydrogen-bond donors (Lipinski definition) is 2. The van der Waals surface area contributed by atoms with Crippen LogP contribution >= 0.6 is 11.3 Å². The van der Waals surface area contributed by atoms with Crippen molar-refractivity contribution >= 4 is 44.3 Å². The first kappa shape index (κ1) is 29.3. The summed E-state index contributed by atoms with van der Waals surface area (Å²) in [4.78, 5) is 20.3. The number of amides is 1. The Morgan fingerprint density at radius 2 is 1.68 bits per heavy atom. The van der Waals surface area contributed by atoms with Crippen molar-refractivity contribution in [2.75, 3.05) is 87.8 Å². The highest BCUT2D eigenvalue weighted by atomic mass is 32.2. The molecule has 2 fully saturated rings. The second-order valence-corrected chi connectivity index (χ2v) is 12.8. The zero-order valence-electron chi connectivity index (χ0n) is 23.3. The third kappa shape index (κ3) is 7.57. The van der Waals surface area contributed by atoms with Gasteiger partial charge in [-0.1, -0.05) is 18.2 Å². The van der Waals surface area contributed by atoms with Gasteiger partial charge in [-0.2, -0.15) is 0 Å². The first-order chi connectivity index (χ1) is 19.9. The Hall–Kier alpha value is -3.16. The summed E-state index contributed by atoms with van der Waals surface area (Å²) < 4.78 is 41.1. The predicted octanol–water partition coefficient (Wildman–Crippen LogP) is 2.88. The molecule has 3 aromatic rings. The number of benzene rings is 2. The number of hydrogen-bond acceptors (Lipinski definition) is 9. The fraction of sp³-hybridized carbons (Fsp3) is 0.414. The van der Waals surface area contributed by atoms with Crippen molar-refractivity contribution in [1.82, 2.24) is 9.62 Å². The molecule has 0 spiro atoms. The lowest BCUT2D eigenvalue weighted by Crippen LogP contribution is -2.47. The molecular weight excluding hydrogens is 562 g/mol. The number of thiophene rings is 1. The van der Waals surface area contributed by atoms with Crippen LogP contribution in [0.25, 0.3) is 0 Å². The van der Waals surface area contributed by atoms with E-state index >= 15 is 0 Å². The van der Waals surface area contributed by atoms with Crippen molar-refractivity contribution in [3.8, 4) is 5.75 Å². The molecule has 2 aromatic carbocycles. The fourth-order valence-corrected chi connectivity index (χ4v) is 7.14. The molecule has 2 N–H and O–H groups in total. The molecule has 12 heteroatoms. The van der Waals surface area contributed by atoms with Crippen LogP contribution in [0.2, 0.25) is 0 Å². The van der Waals surface area contributed by atoms with Crippen LogP contribution in [0.1, 0.15) is 4.88 Å². The van der Waals surface area contributed by atoms with Crippen molar-refractivity contribution < 1.29 is 22.7 Å². The molecule has 2 aliphatic heterocycles. The normalized spacial score (nSPS) is 16.5. The lowest BCUT2D eigenvalue weighted by molar-refractivity contribution is -0.115. The van der Waals surface area contributed by atoms with Gasteiger partial charge >= 0.3 is 0 Å². The van der Waals surface area contributed by atoms with Gasteiger partial charge in [0.05, 0.1) is 38.1 Å². The number of nitrogens with zero attached hydrogens (tertiary/aromatic N) is 3. The van der Waals surface area contributed by atoms with Crippen LogP contribution in [0.5, 0.6) is 5.75 Å². The number of carbonyl (C=O) groups is 1. The van der Waals surface area contributed by atoms with E-state index in [0.717, 1.165) is 29.4 Å². The summed E-state index contributed by atoms with van der Waals surface area (Å²) in [5, 5.41) is 4.81. The van der Waals surface area contributed by atoms with E-state index in [1.807, 2.05) is 41.8 Å². The number of piperazine rings is 1. The lowest BCUT2D eigenvalue weighted by Gasteiger charge is -2.38. The van der Waals surface area contributed by atoms with E-state index in [4.69, 9.17) is 9.47 Å². The standard InChI is InChI=1S/C29H37N5O5S2/c1-38-27-7-3-2-6-25(27)33-12-14-34(15-13-33)26-9-8-23(31-29(35)22-24-5-4-20-40-24)21-28(26)41(36,37)30-10-11-32-16-18-39-19-17-32/h2-9,20-21,30H,10-19,22H2,1H3,(H,31,35). The molecule has 0 atom stereocenters. The second-order valence-electron chi connectivity index (χ2n) is 9.98. The minimum absolute atomic E-state index is 0.166. The smallest absolute Gasteiger partial charge is 0.242 e. The molecule has 0 unspecified atom stereocenters. The Labute approximate surface area is 245 Å². The number of nitrogens with one attached hydrogen (secondary N) is 2. The maximum absolute atomic E-state index is 13.7. The summed E-state index contributed by atoms with van der Waals surface area (Å²) in [5.74, 6) is 0.630. The summed E-state index contributed by atoms with van der Waals surface area (Å²) in [6.45, 7) is 6.48. The predicted molar refractivity (Wildman–Crippen MR) is 163 cm³/mol. The number of ether oxygens (including phenoxy) is 2. The van der Waals surface area contributed by atoms with Crippen LogP contribution in [0.15, 0.2) is 64.9 Å². The number of rotatable bonds is 11. The highest BCUT2D eigenvalue weighted by molar-refractivity contribution is 7.89. The largest absolute Gasteiger partial charge is 0.495 e. The summed E-state index contributed by atoms with van der Waals surface area (Å²) in [6.07, 6.45) is 0.240. The quantitative estimate of drug-likeness (QED) is 0.347. The number of anilines is 3. The molecule has 1 amide bonds. The van der Waals surface area contributed by atoms with Crippen molar-refractivity contribution in [2.24, 2.45) is 0 Å². The van der Waals surface area contributed by atoms with E-state index in [2.05, 4.69) is 24.7 Å². The first-order valence-corrected chi connectivity index (χ1v) is 16.2. The van der Waals surface area contributed by atoms with E-state index in [9.17, 15) is 13.2 Å². The molecule has 2 saturated heterocycles. The van der Waals surface area contributed by atoms with Gasteiger partial charge in [0.2, 0.25) is 15.9 Å². The van der Waals surface area contributed by atoms with Crippen LogP contribution in [-0.2, 0) is 26.0 Å². The summed E-state index contributed by atoms with van der Waals surface area (Å²) in [6, 6.07) is 16.9. The van der Waals surface area contributed by atoms with Crippen molar-refractivity contribution in [1.29, 1.82) is 0 Å². The fourth-order valence-electron chi connectivity index (χ4n) is 5.16. The van der Waals surface area contributed by atoms with Gasteiger partial charge < -0.3 is 24.6 Å². The van der Waals surface area contributed by atoms with E-state index in [1.54, 1.807) is 25.3 Å². The molecule has 0 saturated carbocycles. The van der Waals surface area contributed by atoms with Gasteiger partial charge in [0.1, 0.15) is 10.6 Å². The molecular formula is C29H37N5O5S2. The Bertz CT molecular complexity index is 1400. The molecule has 1 aromatic heterocycles. The maximum atomic E-state index is 13.7. The summed E-state index contributed by atoms with van der Waals surface area (Å²) in [5.41, 5.74) is 2.10. The Kier molecular flexibility index (Phi) is 9.78. The molecule has 0 aliphatic carbocycles. The van der Waals surface area contributed by atoms with Crippen LogP contribution in [-0.4, -0.2) is 91.9 Å². The van der Waals surface area contributed by atoms with Crippen LogP contribution in [0, 0.1) is 0 Å². The number of para-hydroxylation sites is 2. The first-order valence-electron chi connectivity index (χ1n) is 13.8. The summed E-state index contributed by atoms with van der Waals surface area (Å²) in [7, 11) is -2.19. The van der Waals surface area contributed by atoms with Gasteiger partial charge in [-0.15, -0.1) is 11.3 Å². The Morgan fingerprint density at radius 1 is 0.951 bits per heavy atom. The zero-order chi connectivity index (χ0) is 28.7. The van der Waals surface area contributed by atoms with Gasteiger partial charge in [0.25, 0.3) is 0 Å². The molecule has 2 aliphatic rings. The van der Waals surface area contributed by atoms with Crippen molar-refractivity contribution in [3.63, 3.8) is 0 Å². The number of carbonyl (C=O) groups excluding carboxylic acids is 1. The highest BCUT2D eigenvalue weighted by Crippen LogP contribution is 2.32. The summed E-state index contributed by atoms with van der Waals surface area (Å²) >= 11 is 1.51. The Balaban J connectivity index is 1.33. The van der Waals surface area contributed by atoms with Crippen LogP contribution in [0.3, 0.4) is 0 Å². The van der Waals surface area contributed by atoms with E-state index in [-0.39, 0.29) is 23.8 Å². The molecule has 220 valence electrons. The van der Waals surface area contributed by atoms with Crippen LogP contribution < -0.4 is 24.6 Å². The van der Waals surface area contributed by atoms with E-state index in [0.29, 0.717) is 57.3 Å². The SMILES string of the molecule is COc1ccccc1N1CCN(c2ccc(NC(=O)Cc3cccs3)cc2S(=O)(=O)NCCN2CCOCC2)CC1. The zero-order valence-corrected chi connectivity index (χ0v) is 24.9. The number of sulfonamides is 1. The third-order valence-electron chi connectivity index (χ3n) is 7.32.